The summed E-state index contributed by atoms with van der Waals surface area (Å²) in [5.74, 6) is -0.610. The fourth-order valence-electron chi connectivity index (χ4n) is 0.407. The van der Waals surface area contributed by atoms with Crippen molar-refractivity contribution in [1.29, 1.82) is 0 Å². The first-order valence-electron chi connectivity index (χ1n) is 3.20. The van der Waals surface area contributed by atoms with E-state index in [1.165, 1.54) is 7.11 Å². The Morgan fingerprint density at radius 3 is 2.50 bits per heavy atom. The minimum Gasteiger partial charge on any atom is -0.460 e. The van der Waals surface area contributed by atoms with E-state index >= 15 is 0 Å². The molecule has 5 heteroatoms. The molecule has 0 spiro atoms. The Labute approximate surface area is 75.1 Å². The highest BCUT2D eigenvalue weighted by Crippen LogP contribution is 1.86. The average molecular weight is 193 g/mol. The van der Waals surface area contributed by atoms with Gasteiger partial charge in [0.05, 0.1) is 6.61 Å². The highest BCUT2D eigenvalue weighted by molar-refractivity contribution is 6.66. The maximum absolute atomic E-state index is 10.6. The number of ether oxygens (including phenoxy) is 2. The summed E-state index contributed by atoms with van der Waals surface area (Å²) in [7, 11) is 1.49. The van der Waals surface area contributed by atoms with Gasteiger partial charge in [-0.3, -0.25) is 4.79 Å². The summed E-state index contributed by atoms with van der Waals surface area (Å²) in [6.45, 7) is 0.491. The fraction of sp³-hybridized carbons (Fsp3) is 0.429. The third-order valence-electron chi connectivity index (χ3n) is 0.882. The van der Waals surface area contributed by atoms with Crippen LogP contribution >= 0.6 is 11.6 Å². The molecule has 0 radical (unpaired) electrons. The van der Waals surface area contributed by atoms with Gasteiger partial charge in [-0.25, -0.2) is 4.79 Å². The minimum absolute atomic E-state index is 0.163. The number of hydrogen-bond donors (Lipinski definition) is 0. The zero-order valence-corrected chi connectivity index (χ0v) is 7.34. The molecular formula is C7H9ClO4. The van der Waals surface area contributed by atoms with E-state index in [0.717, 1.165) is 12.2 Å². The van der Waals surface area contributed by atoms with Crippen LogP contribution in [0.2, 0.25) is 0 Å². The van der Waals surface area contributed by atoms with Crippen molar-refractivity contribution < 1.29 is 19.1 Å². The SMILES string of the molecule is COCCOC(=O)C=CC(=O)Cl. The Balaban J connectivity index is 3.53. The molecule has 0 aromatic heterocycles. The van der Waals surface area contributed by atoms with Crippen LogP contribution in [0.4, 0.5) is 0 Å². The molecule has 0 unspecified atom stereocenters. The maximum atomic E-state index is 10.6. The topological polar surface area (TPSA) is 52.6 Å². The van der Waals surface area contributed by atoms with Crippen LogP contribution < -0.4 is 0 Å². The number of methoxy groups -OCH3 is 1. The molecule has 0 amide bonds. The van der Waals surface area contributed by atoms with E-state index in [4.69, 9.17) is 11.6 Å². The van der Waals surface area contributed by atoms with Crippen molar-refractivity contribution in [3.8, 4) is 0 Å². The van der Waals surface area contributed by atoms with Crippen LogP contribution in [0.5, 0.6) is 0 Å². The van der Waals surface area contributed by atoms with Crippen LogP contribution in [0.15, 0.2) is 12.2 Å². The number of allylic oxidation sites excluding steroid dienone is 1. The Bertz CT molecular complexity index is 188. The van der Waals surface area contributed by atoms with Crippen molar-refractivity contribution in [2.75, 3.05) is 20.3 Å². The molecule has 0 heterocycles. The average Bonchev–Trinajstić information content (AvgIpc) is 2.01. The highest BCUT2D eigenvalue weighted by atomic mass is 35.5. The largest absolute Gasteiger partial charge is 0.460 e. The predicted molar refractivity (Wildman–Crippen MR) is 42.8 cm³/mol. The van der Waals surface area contributed by atoms with Gasteiger partial charge in [0, 0.05) is 19.3 Å². The number of hydrogen-bond acceptors (Lipinski definition) is 4. The maximum Gasteiger partial charge on any atom is 0.330 e. The molecule has 0 aromatic carbocycles. The Hall–Kier alpha value is -0.870. The van der Waals surface area contributed by atoms with Crippen LogP contribution in [0.25, 0.3) is 0 Å². The number of carbonyl (C=O) groups excluding carboxylic acids is 2. The number of halogens is 1. The first-order valence-corrected chi connectivity index (χ1v) is 3.58. The van der Waals surface area contributed by atoms with Gasteiger partial charge >= 0.3 is 5.97 Å². The summed E-state index contributed by atoms with van der Waals surface area (Å²) >= 11 is 4.92. The molecule has 0 saturated carbocycles. The summed E-state index contributed by atoms with van der Waals surface area (Å²) in [5, 5.41) is -0.710. The summed E-state index contributed by atoms with van der Waals surface area (Å²) in [4.78, 5) is 20.8. The van der Waals surface area contributed by atoms with Gasteiger partial charge in [0.25, 0.3) is 0 Å². The van der Waals surface area contributed by atoms with E-state index in [1.54, 1.807) is 0 Å². The van der Waals surface area contributed by atoms with Gasteiger partial charge < -0.3 is 9.47 Å². The predicted octanol–water partition coefficient (Wildman–Crippen LogP) is 0.498. The fourth-order valence-corrected chi connectivity index (χ4v) is 0.470. The Morgan fingerprint density at radius 2 is 2.00 bits per heavy atom. The molecule has 0 saturated heterocycles. The molecule has 68 valence electrons. The molecule has 12 heavy (non-hydrogen) atoms. The Kier molecular flexibility index (Phi) is 6.32. The smallest absolute Gasteiger partial charge is 0.330 e. The van der Waals surface area contributed by atoms with E-state index in [9.17, 15) is 9.59 Å². The van der Waals surface area contributed by atoms with Gasteiger partial charge in [-0.1, -0.05) is 0 Å². The van der Waals surface area contributed by atoms with Gasteiger partial charge in [0.2, 0.25) is 5.24 Å². The molecule has 0 aliphatic carbocycles. The molecule has 0 rings (SSSR count). The van der Waals surface area contributed by atoms with Crippen molar-refractivity contribution in [2.45, 2.75) is 0 Å². The molecule has 0 fully saturated rings. The van der Waals surface area contributed by atoms with E-state index in [1.807, 2.05) is 0 Å². The van der Waals surface area contributed by atoms with Gasteiger partial charge in [0.15, 0.2) is 0 Å². The van der Waals surface area contributed by atoms with Crippen molar-refractivity contribution in [3.63, 3.8) is 0 Å². The lowest BCUT2D eigenvalue weighted by atomic mass is 10.5. The normalized spacial score (nSPS) is 10.2. The van der Waals surface area contributed by atoms with Crippen LogP contribution in [-0.2, 0) is 19.1 Å². The summed E-state index contributed by atoms with van der Waals surface area (Å²) < 4.78 is 9.19. The second-order valence-electron chi connectivity index (χ2n) is 1.80. The summed E-state index contributed by atoms with van der Waals surface area (Å²) in [6, 6.07) is 0. The zero-order valence-electron chi connectivity index (χ0n) is 6.58. The minimum atomic E-state index is -0.710. The third-order valence-corrected chi connectivity index (χ3v) is 1.01. The number of rotatable bonds is 5. The van der Waals surface area contributed by atoms with E-state index in [2.05, 4.69) is 9.47 Å². The summed E-state index contributed by atoms with van der Waals surface area (Å²) in [6.07, 6.45) is 1.89. The number of esters is 1. The Morgan fingerprint density at radius 1 is 1.33 bits per heavy atom. The van der Waals surface area contributed by atoms with E-state index in [-0.39, 0.29) is 6.61 Å². The molecule has 0 atom stereocenters. The van der Waals surface area contributed by atoms with Crippen molar-refractivity contribution >= 4 is 22.8 Å². The first kappa shape index (κ1) is 11.1. The van der Waals surface area contributed by atoms with E-state index < -0.39 is 11.2 Å². The number of carbonyl (C=O) groups is 2. The lowest BCUT2D eigenvalue weighted by Gasteiger charge is -1.98. The standard InChI is InChI=1S/C7H9ClO4/c1-11-4-5-12-7(10)3-2-6(8)9/h2-3H,4-5H2,1H3. The molecule has 0 bridgehead atoms. The molecular weight excluding hydrogens is 184 g/mol. The van der Waals surface area contributed by atoms with Crippen LogP contribution in [0, 0.1) is 0 Å². The van der Waals surface area contributed by atoms with Crippen LogP contribution in [0.1, 0.15) is 0 Å². The highest BCUT2D eigenvalue weighted by Gasteiger charge is 1.96. The second-order valence-corrected chi connectivity index (χ2v) is 2.17. The van der Waals surface area contributed by atoms with E-state index in [0.29, 0.717) is 6.61 Å². The molecule has 4 nitrogen and oxygen atoms in total. The van der Waals surface area contributed by atoms with Gasteiger partial charge in [-0.15, -0.1) is 0 Å². The lowest BCUT2D eigenvalue weighted by molar-refractivity contribution is -0.139. The monoisotopic (exact) mass is 192 g/mol. The molecule has 0 aliphatic heterocycles. The van der Waals surface area contributed by atoms with Crippen LogP contribution in [0.3, 0.4) is 0 Å². The second kappa shape index (κ2) is 6.82. The first-order chi connectivity index (χ1) is 5.66. The van der Waals surface area contributed by atoms with Gasteiger partial charge in [0.1, 0.15) is 6.61 Å². The quantitative estimate of drug-likeness (QED) is 0.276. The van der Waals surface area contributed by atoms with Crippen molar-refractivity contribution in [1.82, 2.24) is 0 Å². The third kappa shape index (κ3) is 7.24. The summed E-state index contributed by atoms with van der Waals surface area (Å²) in [5.41, 5.74) is 0. The van der Waals surface area contributed by atoms with Gasteiger partial charge in [-0.05, 0) is 11.6 Å². The molecule has 0 aliphatic rings. The van der Waals surface area contributed by atoms with Crippen molar-refractivity contribution in [3.05, 3.63) is 12.2 Å². The zero-order chi connectivity index (χ0) is 9.40. The van der Waals surface area contributed by atoms with Crippen molar-refractivity contribution in [2.24, 2.45) is 0 Å². The lowest BCUT2D eigenvalue weighted by Crippen LogP contribution is -2.07. The molecule has 0 aromatic rings. The van der Waals surface area contributed by atoms with Crippen LogP contribution in [-0.4, -0.2) is 31.5 Å². The van der Waals surface area contributed by atoms with Gasteiger partial charge in [-0.2, -0.15) is 0 Å². The molecule has 0 N–H and O–H groups in total.